The Bertz CT molecular complexity index is 564. The molecule has 0 spiro atoms. The number of rotatable bonds is 6. The van der Waals surface area contributed by atoms with Gasteiger partial charge in [-0.25, -0.2) is 4.39 Å². The average molecular weight is 360 g/mol. The Labute approximate surface area is 158 Å². The highest BCUT2D eigenvalue weighted by Gasteiger charge is 2.29. The summed E-state index contributed by atoms with van der Waals surface area (Å²) in [5, 5.41) is 0. The molecular formula is C23H34FNO. The smallest absolute Gasteiger partial charge is 0.123 e. The molecule has 1 unspecified atom stereocenters. The molecule has 1 aromatic carbocycles. The van der Waals surface area contributed by atoms with Crippen LogP contribution < -0.4 is 0 Å². The third-order valence-corrected chi connectivity index (χ3v) is 6.14. The van der Waals surface area contributed by atoms with Crippen molar-refractivity contribution in [2.24, 2.45) is 11.8 Å². The van der Waals surface area contributed by atoms with Crippen LogP contribution in [0.2, 0.25) is 0 Å². The van der Waals surface area contributed by atoms with Gasteiger partial charge in [-0.05, 0) is 95.0 Å². The van der Waals surface area contributed by atoms with Crippen molar-refractivity contribution in [2.45, 2.75) is 58.4 Å². The third kappa shape index (κ3) is 5.65. The average Bonchev–Trinajstić information content (AvgIpc) is 2.67. The van der Waals surface area contributed by atoms with E-state index in [4.69, 9.17) is 4.74 Å². The van der Waals surface area contributed by atoms with Crippen molar-refractivity contribution in [3.63, 3.8) is 0 Å². The molecule has 144 valence electrons. The molecule has 3 rings (SSSR count). The van der Waals surface area contributed by atoms with Crippen LogP contribution in [0.25, 0.3) is 0 Å². The van der Waals surface area contributed by atoms with E-state index in [9.17, 15) is 4.39 Å². The predicted molar refractivity (Wildman–Crippen MR) is 106 cm³/mol. The summed E-state index contributed by atoms with van der Waals surface area (Å²) in [5.74, 6) is 1.62. The molecule has 1 atom stereocenters. The van der Waals surface area contributed by atoms with E-state index in [1.807, 2.05) is 12.1 Å². The molecule has 1 aromatic rings. The van der Waals surface area contributed by atoms with Gasteiger partial charge in [-0.1, -0.05) is 23.8 Å². The van der Waals surface area contributed by atoms with Gasteiger partial charge in [0.15, 0.2) is 0 Å². The molecule has 2 heterocycles. The number of allylic oxidation sites excluding steroid dienone is 1. The monoisotopic (exact) mass is 359 g/mol. The minimum atomic E-state index is -0.148. The SMILES string of the molecule is CC(C)=CC(CCc1ccc(F)cc1)N1CCC(C2CCOCC2)CC1. The van der Waals surface area contributed by atoms with Gasteiger partial charge in [-0.2, -0.15) is 0 Å². The van der Waals surface area contributed by atoms with Crippen molar-refractivity contribution in [1.29, 1.82) is 0 Å². The maximum Gasteiger partial charge on any atom is 0.123 e. The van der Waals surface area contributed by atoms with Crippen LogP contribution in [-0.2, 0) is 11.2 Å². The molecule has 3 heteroatoms. The molecule has 0 saturated carbocycles. The van der Waals surface area contributed by atoms with Gasteiger partial charge in [0.25, 0.3) is 0 Å². The first-order chi connectivity index (χ1) is 12.6. The highest BCUT2D eigenvalue weighted by atomic mass is 19.1. The Hall–Kier alpha value is -1.19. The number of hydrogen-bond donors (Lipinski definition) is 0. The summed E-state index contributed by atoms with van der Waals surface area (Å²) in [6.07, 6.45) is 9.72. The zero-order valence-corrected chi connectivity index (χ0v) is 16.4. The Morgan fingerprint density at radius 1 is 1.08 bits per heavy atom. The number of hydrogen-bond acceptors (Lipinski definition) is 2. The van der Waals surface area contributed by atoms with Crippen molar-refractivity contribution in [1.82, 2.24) is 4.90 Å². The Balaban J connectivity index is 1.54. The van der Waals surface area contributed by atoms with E-state index in [1.54, 1.807) is 12.1 Å². The van der Waals surface area contributed by atoms with Gasteiger partial charge in [0.1, 0.15) is 5.82 Å². The molecule has 2 aliphatic heterocycles. The second-order valence-corrected chi connectivity index (χ2v) is 8.30. The van der Waals surface area contributed by atoms with Gasteiger partial charge in [0.05, 0.1) is 0 Å². The van der Waals surface area contributed by atoms with Crippen molar-refractivity contribution in [2.75, 3.05) is 26.3 Å². The van der Waals surface area contributed by atoms with Crippen LogP contribution in [0.4, 0.5) is 4.39 Å². The second-order valence-electron chi connectivity index (χ2n) is 8.30. The largest absolute Gasteiger partial charge is 0.381 e. The van der Waals surface area contributed by atoms with E-state index in [0.29, 0.717) is 6.04 Å². The lowest BCUT2D eigenvalue weighted by atomic mass is 9.79. The molecule has 0 bridgehead atoms. The maximum atomic E-state index is 13.1. The summed E-state index contributed by atoms with van der Waals surface area (Å²) >= 11 is 0. The quantitative estimate of drug-likeness (QED) is 0.645. The van der Waals surface area contributed by atoms with Crippen LogP contribution in [-0.4, -0.2) is 37.2 Å². The lowest BCUT2D eigenvalue weighted by Crippen LogP contribution is -2.42. The first-order valence-corrected chi connectivity index (χ1v) is 10.3. The van der Waals surface area contributed by atoms with Crippen molar-refractivity contribution >= 4 is 0 Å². The summed E-state index contributed by atoms with van der Waals surface area (Å²) in [4.78, 5) is 2.67. The van der Waals surface area contributed by atoms with Crippen molar-refractivity contribution in [3.05, 3.63) is 47.3 Å². The van der Waals surface area contributed by atoms with E-state index in [2.05, 4.69) is 24.8 Å². The topological polar surface area (TPSA) is 12.5 Å². The zero-order chi connectivity index (χ0) is 18.4. The van der Waals surface area contributed by atoms with E-state index >= 15 is 0 Å². The van der Waals surface area contributed by atoms with Gasteiger partial charge in [-0.3, -0.25) is 4.90 Å². The summed E-state index contributed by atoms with van der Waals surface area (Å²) in [6.45, 7) is 8.73. The van der Waals surface area contributed by atoms with Crippen LogP contribution in [0, 0.1) is 17.7 Å². The van der Waals surface area contributed by atoms with Crippen LogP contribution in [0.3, 0.4) is 0 Å². The van der Waals surface area contributed by atoms with E-state index in [0.717, 1.165) is 37.9 Å². The lowest BCUT2D eigenvalue weighted by molar-refractivity contribution is 0.0270. The molecule has 26 heavy (non-hydrogen) atoms. The van der Waals surface area contributed by atoms with Gasteiger partial charge in [0.2, 0.25) is 0 Å². The Kier molecular flexibility index (Phi) is 7.27. The first kappa shape index (κ1) is 19.6. The number of aryl methyl sites for hydroxylation is 1. The molecule has 2 nitrogen and oxygen atoms in total. The van der Waals surface area contributed by atoms with Crippen LogP contribution in [0.15, 0.2) is 35.9 Å². The summed E-state index contributed by atoms with van der Waals surface area (Å²) < 4.78 is 18.6. The third-order valence-electron chi connectivity index (χ3n) is 6.14. The Morgan fingerprint density at radius 2 is 1.69 bits per heavy atom. The normalized spacial score (nSPS) is 21.5. The van der Waals surface area contributed by atoms with Crippen LogP contribution in [0.1, 0.15) is 51.5 Å². The highest BCUT2D eigenvalue weighted by molar-refractivity contribution is 5.17. The molecule has 0 N–H and O–H groups in total. The minimum absolute atomic E-state index is 0.148. The van der Waals surface area contributed by atoms with E-state index in [1.165, 1.54) is 49.9 Å². The van der Waals surface area contributed by atoms with Crippen molar-refractivity contribution < 1.29 is 9.13 Å². The lowest BCUT2D eigenvalue weighted by Gasteiger charge is -2.40. The number of ether oxygens (including phenoxy) is 1. The predicted octanol–water partition coefficient (Wildman–Crippen LogP) is 5.23. The van der Waals surface area contributed by atoms with Gasteiger partial charge >= 0.3 is 0 Å². The van der Waals surface area contributed by atoms with Gasteiger partial charge < -0.3 is 4.74 Å². The number of likely N-dealkylation sites (tertiary alicyclic amines) is 1. The van der Waals surface area contributed by atoms with Gasteiger partial charge in [-0.15, -0.1) is 0 Å². The first-order valence-electron chi connectivity index (χ1n) is 10.3. The fraction of sp³-hybridized carbons (Fsp3) is 0.652. The fourth-order valence-electron chi connectivity index (χ4n) is 4.63. The van der Waals surface area contributed by atoms with E-state index < -0.39 is 0 Å². The molecule has 2 fully saturated rings. The summed E-state index contributed by atoms with van der Waals surface area (Å²) in [7, 11) is 0. The highest BCUT2D eigenvalue weighted by Crippen LogP contribution is 2.33. The molecule has 0 radical (unpaired) electrons. The number of piperidine rings is 1. The molecule has 0 aromatic heterocycles. The van der Waals surface area contributed by atoms with Crippen molar-refractivity contribution in [3.8, 4) is 0 Å². The zero-order valence-electron chi connectivity index (χ0n) is 16.4. The second kappa shape index (κ2) is 9.66. The van der Waals surface area contributed by atoms with Crippen LogP contribution >= 0.6 is 0 Å². The molecule has 2 aliphatic rings. The molecule has 0 amide bonds. The number of nitrogens with zero attached hydrogens (tertiary/aromatic N) is 1. The van der Waals surface area contributed by atoms with Gasteiger partial charge in [0, 0.05) is 19.3 Å². The summed E-state index contributed by atoms with van der Waals surface area (Å²) in [5.41, 5.74) is 2.62. The standard InChI is InChI=1S/C23H34FNO/c1-18(2)17-23(8-5-19-3-6-22(24)7-4-19)25-13-9-20(10-14-25)21-11-15-26-16-12-21/h3-4,6-7,17,20-21,23H,5,8-16H2,1-2H3. The summed E-state index contributed by atoms with van der Waals surface area (Å²) in [6, 6.07) is 7.49. The molecular weight excluding hydrogens is 325 g/mol. The number of halogens is 1. The number of benzene rings is 1. The minimum Gasteiger partial charge on any atom is -0.381 e. The molecule has 2 saturated heterocycles. The maximum absolute atomic E-state index is 13.1. The van der Waals surface area contributed by atoms with Crippen LogP contribution in [0.5, 0.6) is 0 Å². The van der Waals surface area contributed by atoms with E-state index in [-0.39, 0.29) is 5.82 Å². The Morgan fingerprint density at radius 3 is 2.31 bits per heavy atom. The molecule has 0 aliphatic carbocycles. The fourth-order valence-corrected chi connectivity index (χ4v) is 4.63.